The van der Waals surface area contributed by atoms with Crippen LogP contribution in [-0.4, -0.2) is 31.4 Å². The van der Waals surface area contributed by atoms with Crippen molar-refractivity contribution in [2.24, 2.45) is 5.92 Å². The highest BCUT2D eigenvalue weighted by Gasteiger charge is 2.44. The number of carbonyl (C=O) groups is 1. The molecule has 0 N–H and O–H groups in total. The molecule has 1 aliphatic heterocycles. The molecule has 28 heavy (non-hydrogen) atoms. The number of ether oxygens (including phenoxy) is 2. The molecule has 1 aliphatic rings. The summed E-state index contributed by atoms with van der Waals surface area (Å²) in [5.41, 5.74) is -0.589. The molecule has 0 radical (unpaired) electrons. The number of carboxylic acid groups (broad SMARTS) is 1. The number of nitrogens with zero attached hydrogens (tertiary/aromatic N) is 1. The maximum Gasteiger partial charge on any atom is 0.109 e. The van der Waals surface area contributed by atoms with Crippen molar-refractivity contribution < 1.29 is 19.4 Å². The smallest absolute Gasteiger partial charge is 0.109 e. The second-order valence-corrected chi connectivity index (χ2v) is 8.03. The van der Waals surface area contributed by atoms with Crippen molar-refractivity contribution in [3.8, 4) is 6.07 Å². The van der Waals surface area contributed by atoms with Crippen molar-refractivity contribution in [3.05, 3.63) is 33.8 Å². The average Bonchev–Trinajstić information content (AvgIpc) is 2.70. The summed E-state index contributed by atoms with van der Waals surface area (Å²) in [4.78, 5) is 11.6. The van der Waals surface area contributed by atoms with E-state index in [0.29, 0.717) is 41.7 Å². The normalized spacial score (nSPS) is 21.3. The maximum absolute atomic E-state index is 11.6. The van der Waals surface area contributed by atoms with Gasteiger partial charge in [0.25, 0.3) is 0 Å². The van der Waals surface area contributed by atoms with Crippen molar-refractivity contribution in [1.82, 2.24) is 0 Å². The minimum atomic E-state index is -1.19. The average molecular weight is 427 g/mol. The molecule has 1 saturated heterocycles. The zero-order chi connectivity index (χ0) is 20.7. The summed E-state index contributed by atoms with van der Waals surface area (Å²) in [6, 6.07) is 7.37. The van der Waals surface area contributed by atoms with E-state index >= 15 is 0 Å². The summed E-state index contributed by atoms with van der Waals surface area (Å²) in [7, 11) is 0. The van der Waals surface area contributed by atoms with E-state index in [2.05, 4.69) is 6.07 Å². The Morgan fingerprint density at radius 1 is 1.39 bits per heavy atom. The van der Waals surface area contributed by atoms with E-state index in [1.165, 1.54) is 0 Å². The number of aliphatic carboxylic acids is 1. The molecule has 0 aromatic heterocycles. The number of halogens is 2. The molecule has 1 heterocycles. The molecule has 1 aromatic rings. The molecular weight excluding hydrogens is 401 g/mol. The van der Waals surface area contributed by atoms with Gasteiger partial charge in [-0.05, 0) is 49.8 Å². The highest BCUT2D eigenvalue weighted by molar-refractivity contribution is 6.42. The summed E-state index contributed by atoms with van der Waals surface area (Å²) < 4.78 is 11.8. The predicted molar refractivity (Wildman–Crippen MR) is 106 cm³/mol. The summed E-state index contributed by atoms with van der Waals surface area (Å²) in [5, 5.41) is 22.6. The van der Waals surface area contributed by atoms with Crippen LogP contribution in [-0.2, 0) is 19.7 Å². The third-order valence-electron chi connectivity index (χ3n) is 5.42. The lowest BCUT2D eigenvalue weighted by molar-refractivity contribution is -0.312. The maximum atomic E-state index is 11.6. The van der Waals surface area contributed by atoms with Gasteiger partial charge in [-0.1, -0.05) is 43.1 Å². The highest BCUT2D eigenvalue weighted by Crippen LogP contribution is 2.41. The lowest BCUT2D eigenvalue weighted by Gasteiger charge is -2.40. The minimum absolute atomic E-state index is 0.0758. The first-order chi connectivity index (χ1) is 13.4. The van der Waals surface area contributed by atoms with Crippen LogP contribution in [0.3, 0.4) is 0 Å². The number of hydrogen-bond donors (Lipinski definition) is 0. The first-order valence-corrected chi connectivity index (χ1v) is 10.4. The van der Waals surface area contributed by atoms with Crippen LogP contribution in [0.2, 0.25) is 10.0 Å². The standard InChI is InChI=1S/C21H27Cl2NO4/c1-3-14(20(25)26)11-21(13-24,15-7-8-17(22)18(23)10-15)19(4-2)28-16-6-5-9-27-12-16/h7-8,10,14,16,19H,3-6,9,11-12H2,1-2H3,(H,25,26)/p-1. The van der Waals surface area contributed by atoms with Gasteiger partial charge in [-0.3, -0.25) is 0 Å². The van der Waals surface area contributed by atoms with Gasteiger partial charge in [-0.15, -0.1) is 0 Å². The minimum Gasteiger partial charge on any atom is -0.550 e. The van der Waals surface area contributed by atoms with Crippen molar-refractivity contribution in [2.75, 3.05) is 13.2 Å². The Hall–Kier alpha value is -1.32. The molecule has 4 unspecified atom stereocenters. The predicted octanol–water partition coefficient (Wildman–Crippen LogP) is 3.90. The number of hydrogen-bond acceptors (Lipinski definition) is 5. The van der Waals surface area contributed by atoms with Gasteiger partial charge in [0.1, 0.15) is 5.41 Å². The Bertz CT molecular complexity index is 715. The third kappa shape index (κ3) is 5.18. The van der Waals surface area contributed by atoms with Crippen LogP contribution in [0.5, 0.6) is 0 Å². The van der Waals surface area contributed by atoms with Crippen LogP contribution in [0.1, 0.15) is 51.5 Å². The fraction of sp³-hybridized carbons (Fsp3) is 0.619. The summed E-state index contributed by atoms with van der Waals surface area (Å²) >= 11 is 12.3. The largest absolute Gasteiger partial charge is 0.550 e. The Kier molecular flexibility index (Phi) is 8.57. The Labute approximate surface area is 176 Å². The lowest BCUT2D eigenvalue weighted by Crippen LogP contribution is -2.47. The van der Waals surface area contributed by atoms with E-state index < -0.39 is 23.4 Å². The zero-order valence-corrected chi connectivity index (χ0v) is 17.8. The first kappa shape index (κ1) is 23.0. The van der Waals surface area contributed by atoms with Crippen LogP contribution in [0, 0.1) is 17.2 Å². The van der Waals surface area contributed by atoms with Crippen molar-refractivity contribution in [1.29, 1.82) is 5.26 Å². The monoisotopic (exact) mass is 426 g/mol. The molecule has 1 fully saturated rings. The lowest BCUT2D eigenvalue weighted by atomic mass is 9.69. The molecule has 4 atom stereocenters. The van der Waals surface area contributed by atoms with E-state index in [1.54, 1.807) is 25.1 Å². The van der Waals surface area contributed by atoms with Crippen molar-refractivity contribution >= 4 is 29.2 Å². The van der Waals surface area contributed by atoms with Gasteiger partial charge >= 0.3 is 0 Å². The topological polar surface area (TPSA) is 82.4 Å². The fourth-order valence-electron chi connectivity index (χ4n) is 3.79. The molecule has 2 rings (SSSR count). The van der Waals surface area contributed by atoms with Crippen LogP contribution in [0.4, 0.5) is 0 Å². The Morgan fingerprint density at radius 2 is 2.14 bits per heavy atom. The van der Waals surface area contributed by atoms with Crippen molar-refractivity contribution in [3.63, 3.8) is 0 Å². The molecule has 0 amide bonds. The van der Waals surface area contributed by atoms with Gasteiger partial charge in [0, 0.05) is 18.5 Å². The van der Waals surface area contributed by atoms with E-state index in [0.717, 1.165) is 12.8 Å². The molecular formula is C21H26Cl2NO4-. The SMILES string of the molecule is CCC(CC(C#N)(c1ccc(Cl)c(Cl)c1)C(CC)OC1CCCOC1)C(=O)[O-]. The Balaban J connectivity index is 2.48. The van der Waals surface area contributed by atoms with Crippen LogP contribution in [0.15, 0.2) is 18.2 Å². The number of rotatable bonds is 9. The molecule has 0 bridgehead atoms. The third-order valence-corrected chi connectivity index (χ3v) is 6.16. The molecule has 7 heteroatoms. The second-order valence-electron chi connectivity index (χ2n) is 7.21. The van der Waals surface area contributed by atoms with Gasteiger partial charge in [0.15, 0.2) is 0 Å². The van der Waals surface area contributed by atoms with E-state index in [1.807, 2.05) is 6.92 Å². The molecule has 0 aliphatic carbocycles. The number of carbonyl (C=O) groups excluding carboxylic acids is 1. The second kappa shape index (κ2) is 10.5. The van der Waals surface area contributed by atoms with Gasteiger partial charge in [-0.2, -0.15) is 5.26 Å². The number of carboxylic acids is 1. The molecule has 0 saturated carbocycles. The summed E-state index contributed by atoms with van der Waals surface area (Å²) in [5.74, 6) is -1.95. The van der Waals surface area contributed by atoms with Crippen LogP contribution >= 0.6 is 23.2 Å². The highest BCUT2D eigenvalue weighted by atomic mass is 35.5. The molecule has 0 spiro atoms. The summed E-state index contributed by atoms with van der Waals surface area (Å²) in [6.07, 6.45) is 2.06. The van der Waals surface area contributed by atoms with Crippen molar-refractivity contribution in [2.45, 2.75) is 63.6 Å². The van der Waals surface area contributed by atoms with Crippen LogP contribution < -0.4 is 5.11 Å². The molecule has 5 nitrogen and oxygen atoms in total. The van der Waals surface area contributed by atoms with Gasteiger partial charge in [0.2, 0.25) is 0 Å². The van der Waals surface area contributed by atoms with Gasteiger partial charge < -0.3 is 19.4 Å². The van der Waals surface area contributed by atoms with E-state index in [9.17, 15) is 15.2 Å². The summed E-state index contributed by atoms with van der Waals surface area (Å²) in [6.45, 7) is 4.87. The first-order valence-electron chi connectivity index (χ1n) is 9.68. The molecule has 1 aromatic carbocycles. The molecule has 154 valence electrons. The van der Waals surface area contributed by atoms with Gasteiger partial charge in [0.05, 0.1) is 34.9 Å². The zero-order valence-electron chi connectivity index (χ0n) is 16.2. The Morgan fingerprint density at radius 3 is 2.64 bits per heavy atom. The quantitative estimate of drug-likeness (QED) is 0.597. The number of benzene rings is 1. The number of nitriles is 1. The fourth-order valence-corrected chi connectivity index (χ4v) is 4.08. The van der Waals surface area contributed by atoms with Crippen LogP contribution in [0.25, 0.3) is 0 Å². The van der Waals surface area contributed by atoms with Gasteiger partial charge in [-0.25, -0.2) is 0 Å². The van der Waals surface area contributed by atoms with E-state index in [-0.39, 0.29) is 12.5 Å². The van der Waals surface area contributed by atoms with E-state index in [4.69, 9.17) is 32.7 Å².